The van der Waals surface area contributed by atoms with E-state index >= 15 is 0 Å². The Morgan fingerprint density at radius 2 is 1.72 bits per heavy atom. The van der Waals surface area contributed by atoms with Crippen LogP contribution in [0.25, 0.3) is 0 Å². The number of hydrogen-bond donors (Lipinski definition) is 2. The average Bonchev–Trinajstić information content (AvgIpc) is 2.39. The second-order valence-corrected chi connectivity index (χ2v) is 5.71. The summed E-state index contributed by atoms with van der Waals surface area (Å²) in [5, 5.41) is 19.7. The lowest BCUT2D eigenvalue weighted by atomic mass is 9.92. The van der Waals surface area contributed by atoms with Gasteiger partial charge in [0.2, 0.25) is 0 Å². The first-order valence-corrected chi connectivity index (χ1v) is 7.81. The van der Waals surface area contributed by atoms with Crippen molar-refractivity contribution in [3.05, 3.63) is 29.8 Å². The smallest absolute Gasteiger partial charge is 0.0804 e. The van der Waals surface area contributed by atoms with E-state index < -0.39 is 12.2 Å². The van der Waals surface area contributed by atoms with E-state index in [0.29, 0.717) is 12.8 Å². The second-order valence-electron chi connectivity index (χ2n) is 4.83. The molecule has 18 heavy (non-hydrogen) atoms. The summed E-state index contributed by atoms with van der Waals surface area (Å²) in [5.41, 5.74) is 1.22. The fourth-order valence-corrected chi connectivity index (χ4v) is 2.48. The van der Waals surface area contributed by atoms with Crippen LogP contribution in [-0.2, 0) is 0 Å². The molecule has 1 aromatic carbocycles. The summed E-state index contributed by atoms with van der Waals surface area (Å²) >= 11 is 1.73. The zero-order chi connectivity index (χ0) is 13.5. The van der Waals surface area contributed by atoms with Gasteiger partial charge in [0.15, 0.2) is 0 Å². The molecule has 0 saturated carbocycles. The van der Waals surface area contributed by atoms with E-state index in [-0.39, 0.29) is 5.92 Å². The molecule has 0 bridgehead atoms. The molecule has 0 saturated heterocycles. The first kappa shape index (κ1) is 15.5. The van der Waals surface area contributed by atoms with Crippen molar-refractivity contribution in [3.63, 3.8) is 0 Å². The standard InChI is InChI=1S/C15H24O2S/c1-4-5-14(16)15(17)10-11(2)12-6-8-13(18-3)9-7-12/h6-9,11,14-17H,4-5,10H2,1-3H3. The van der Waals surface area contributed by atoms with Crippen LogP contribution in [0.5, 0.6) is 0 Å². The van der Waals surface area contributed by atoms with Crippen LogP contribution < -0.4 is 0 Å². The molecule has 0 aliphatic carbocycles. The Kier molecular flexibility index (Phi) is 6.76. The molecule has 0 amide bonds. The van der Waals surface area contributed by atoms with Crippen molar-refractivity contribution < 1.29 is 10.2 Å². The minimum atomic E-state index is -0.625. The molecule has 2 nitrogen and oxygen atoms in total. The van der Waals surface area contributed by atoms with Crippen molar-refractivity contribution in [1.29, 1.82) is 0 Å². The molecule has 0 heterocycles. The highest BCUT2D eigenvalue weighted by atomic mass is 32.2. The van der Waals surface area contributed by atoms with Crippen LogP contribution in [0, 0.1) is 0 Å². The molecule has 1 rings (SSSR count). The van der Waals surface area contributed by atoms with E-state index in [0.717, 1.165) is 6.42 Å². The van der Waals surface area contributed by atoms with Crippen molar-refractivity contribution in [1.82, 2.24) is 0 Å². The maximum atomic E-state index is 9.93. The largest absolute Gasteiger partial charge is 0.390 e. The van der Waals surface area contributed by atoms with Crippen molar-refractivity contribution >= 4 is 11.8 Å². The van der Waals surface area contributed by atoms with Gasteiger partial charge in [0.05, 0.1) is 12.2 Å². The normalized spacial score (nSPS) is 16.3. The molecule has 0 aliphatic heterocycles. The second kappa shape index (κ2) is 7.82. The lowest BCUT2D eigenvalue weighted by Gasteiger charge is -2.21. The Morgan fingerprint density at radius 3 is 2.22 bits per heavy atom. The highest BCUT2D eigenvalue weighted by Crippen LogP contribution is 2.25. The SMILES string of the molecule is CCCC(O)C(O)CC(C)c1ccc(SC)cc1. The molecule has 102 valence electrons. The van der Waals surface area contributed by atoms with Gasteiger partial charge in [0.25, 0.3) is 0 Å². The topological polar surface area (TPSA) is 40.5 Å². The predicted octanol–water partition coefficient (Wildman–Crippen LogP) is 3.42. The Bertz CT molecular complexity index is 337. The van der Waals surface area contributed by atoms with Gasteiger partial charge >= 0.3 is 0 Å². The zero-order valence-electron chi connectivity index (χ0n) is 11.5. The number of aliphatic hydroxyl groups is 2. The molecule has 2 N–H and O–H groups in total. The van der Waals surface area contributed by atoms with E-state index in [1.165, 1.54) is 10.5 Å². The van der Waals surface area contributed by atoms with E-state index in [1.54, 1.807) is 11.8 Å². The van der Waals surface area contributed by atoms with Gasteiger partial charge in [-0.25, -0.2) is 0 Å². The number of hydrogen-bond acceptors (Lipinski definition) is 3. The monoisotopic (exact) mass is 268 g/mol. The van der Waals surface area contributed by atoms with E-state index in [2.05, 4.69) is 37.4 Å². The van der Waals surface area contributed by atoms with Crippen molar-refractivity contribution in [2.24, 2.45) is 0 Å². The zero-order valence-corrected chi connectivity index (χ0v) is 12.3. The Labute approximate surface area is 114 Å². The van der Waals surface area contributed by atoms with E-state index in [4.69, 9.17) is 0 Å². The third-order valence-corrected chi connectivity index (χ3v) is 4.05. The van der Waals surface area contributed by atoms with Gasteiger partial charge in [0, 0.05) is 4.90 Å². The molecule has 3 heteroatoms. The molecule has 0 fully saturated rings. The van der Waals surface area contributed by atoms with Crippen LogP contribution in [0.3, 0.4) is 0 Å². The van der Waals surface area contributed by atoms with Crippen LogP contribution >= 0.6 is 11.8 Å². The highest BCUT2D eigenvalue weighted by molar-refractivity contribution is 7.98. The van der Waals surface area contributed by atoms with Crippen molar-refractivity contribution in [2.45, 2.75) is 56.1 Å². The molecule has 0 spiro atoms. The third kappa shape index (κ3) is 4.63. The van der Waals surface area contributed by atoms with Gasteiger partial charge in [-0.3, -0.25) is 0 Å². The summed E-state index contributed by atoms with van der Waals surface area (Å²) in [6.45, 7) is 4.11. The Balaban J connectivity index is 2.55. The fraction of sp³-hybridized carbons (Fsp3) is 0.600. The molecule has 1 aromatic rings. The molecule has 3 atom stereocenters. The van der Waals surface area contributed by atoms with E-state index in [9.17, 15) is 10.2 Å². The Morgan fingerprint density at radius 1 is 1.11 bits per heavy atom. The van der Waals surface area contributed by atoms with Crippen LogP contribution in [0.1, 0.15) is 44.6 Å². The summed E-state index contributed by atoms with van der Waals surface area (Å²) in [5.74, 6) is 0.266. The minimum Gasteiger partial charge on any atom is -0.390 e. The number of benzene rings is 1. The minimum absolute atomic E-state index is 0.266. The summed E-state index contributed by atoms with van der Waals surface area (Å²) in [6.07, 6.45) is 3.01. The summed E-state index contributed by atoms with van der Waals surface area (Å²) in [4.78, 5) is 1.25. The molecule has 0 aromatic heterocycles. The van der Waals surface area contributed by atoms with Gasteiger partial charge in [-0.1, -0.05) is 32.4 Å². The average molecular weight is 268 g/mol. The van der Waals surface area contributed by atoms with Gasteiger partial charge in [-0.05, 0) is 42.7 Å². The maximum absolute atomic E-state index is 9.93. The first-order chi connectivity index (χ1) is 8.58. The molecular formula is C15H24O2S. The van der Waals surface area contributed by atoms with Crippen molar-refractivity contribution in [3.8, 4) is 0 Å². The third-order valence-electron chi connectivity index (χ3n) is 3.31. The van der Waals surface area contributed by atoms with E-state index in [1.807, 2.05) is 6.92 Å². The highest BCUT2D eigenvalue weighted by Gasteiger charge is 2.19. The lowest BCUT2D eigenvalue weighted by Crippen LogP contribution is -2.27. The summed E-state index contributed by atoms with van der Waals surface area (Å²) in [6, 6.07) is 8.42. The first-order valence-electron chi connectivity index (χ1n) is 6.58. The summed E-state index contributed by atoms with van der Waals surface area (Å²) < 4.78 is 0. The van der Waals surface area contributed by atoms with Crippen LogP contribution in [0.4, 0.5) is 0 Å². The Hall–Kier alpha value is -0.510. The lowest BCUT2D eigenvalue weighted by molar-refractivity contribution is 0.00637. The maximum Gasteiger partial charge on any atom is 0.0804 e. The molecule has 0 radical (unpaired) electrons. The quantitative estimate of drug-likeness (QED) is 0.744. The van der Waals surface area contributed by atoms with Crippen LogP contribution in [-0.4, -0.2) is 28.7 Å². The number of thioether (sulfide) groups is 1. The predicted molar refractivity (Wildman–Crippen MR) is 78.2 cm³/mol. The number of rotatable bonds is 7. The summed E-state index contributed by atoms with van der Waals surface area (Å²) in [7, 11) is 0. The molecule has 0 aliphatic rings. The van der Waals surface area contributed by atoms with Gasteiger partial charge in [-0.15, -0.1) is 11.8 Å². The van der Waals surface area contributed by atoms with Gasteiger partial charge in [0.1, 0.15) is 0 Å². The van der Waals surface area contributed by atoms with Gasteiger partial charge in [-0.2, -0.15) is 0 Å². The molecular weight excluding hydrogens is 244 g/mol. The van der Waals surface area contributed by atoms with Gasteiger partial charge < -0.3 is 10.2 Å². The fourth-order valence-electron chi connectivity index (χ4n) is 2.08. The van der Waals surface area contributed by atoms with Crippen molar-refractivity contribution in [2.75, 3.05) is 6.26 Å². The number of aliphatic hydroxyl groups excluding tert-OH is 2. The van der Waals surface area contributed by atoms with Crippen LogP contribution in [0.15, 0.2) is 29.2 Å². The molecule has 3 unspecified atom stereocenters. The van der Waals surface area contributed by atoms with Crippen LogP contribution in [0.2, 0.25) is 0 Å².